The van der Waals surface area contributed by atoms with Crippen molar-refractivity contribution >= 4 is 5.97 Å². The first-order valence-corrected chi connectivity index (χ1v) is 5.04. The van der Waals surface area contributed by atoms with Gasteiger partial charge in [0.1, 0.15) is 11.3 Å². The van der Waals surface area contributed by atoms with Gasteiger partial charge in [-0.3, -0.25) is 0 Å². The van der Waals surface area contributed by atoms with Crippen LogP contribution in [-0.2, 0) is 0 Å². The summed E-state index contributed by atoms with van der Waals surface area (Å²) in [5.74, 6) is 1.01. The van der Waals surface area contributed by atoms with E-state index in [1.165, 1.54) is 0 Å². The van der Waals surface area contributed by atoms with Gasteiger partial charge in [0, 0.05) is 6.07 Å². The third kappa shape index (κ3) is 1.22. The lowest BCUT2D eigenvalue weighted by molar-refractivity contribution is 0.0654. The van der Waals surface area contributed by atoms with E-state index in [9.17, 15) is 4.79 Å². The van der Waals surface area contributed by atoms with E-state index in [1.54, 1.807) is 0 Å². The molecule has 2 heteroatoms. The van der Waals surface area contributed by atoms with Crippen LogP contribution >= 0.6 is 0 Å². The second-order valence-corrected chi connectivity index (χ2v) is 3.54. The Morgan fingerprint density at radius 2 is 2.14 bits per heavy atom. The van der Waals surface area contributed by atoms with E-state index < -0.39 is 0 Å². The Hall–Kier alpha value is -1.31. The van der Waals surface area contributed by atoms with Gasteiger partial charge in [0.25, 0.3) is 0 Å². The van der Waals surface area contributed by atoms with E-state index in [4.69, 9.17) is 4.74 Å². The zero-order valence-corrected chi connectivity index (χ0v) is 8.46. The highest BCUT2D eigenvalue weighted by atomic mass is 16.6. The van der Waals surface area contributed by atoms with Crippen molar-refractivity contribution < 1.29 is 9.53 Å². The Morgan fingerprint density at radius 1 is 1.43 bits per heavy atom. The third-order valence-electron chi connectivity index (χ3n) is 2.80. The summed E-state index contributed by atoms with van der Waals surface area (Å²) in [5.41, 5.74) is 1.78. The Bertz CT molecular complexity index is 365. The molecule has 0 spiro atoms. The fourth-order valence-electron chi connectivity index (χ4n) is 1.91. The lowest BCUT2D eigenvalue weighted by atomic mass is 9.90. The largest absolute Gasteiger partial charge is 0.422 e. The van der Waals surface area contributed by atoms with Crippen LogP contribution in [0.25, 0.3) is 0 Å². The smallest absolute Gasteiger partial charge is 0.348 e. The maximum atomic E-state index is 11.0. The van der Waals surface area contributed by atoms with Crippen molar-refractivity contribution in [2.75, 3.05) is 0 Å². The number of hydrogen-bond acceptors (Lipinski definition) is 2. The predicted octanol–water partition coefficient (Wildman–Crippen LogP) is 2.92. The SMILES string of the molecule is CCC(CC)c1cc[c]c2c1OC2=O. The molecule has 0 saturated heterocycles. The van der Waals surface area contributed by atoms with Crippen molar-refractivity contribution in [2.45, 2.75) is 32.6 Å². The van der Waals surface area contributed by atoms with Crippen molar-refractivity contribution in [3.63, 3.8) is 0 Å². The molecule has 0 atom stereocenters. The Balaban J connectivity index is 2.40. The molecule has 2 nitrogen and oxygen atoms in total. The number of carbonyl (C=O) groups excluding carboxylic acids is 1. The minimum Gasteiger partial charge on any atom is -0.422 e. The Kier molecular flexibility index (Phi) is 2.28. The van der Waals surface area contributed by atoms with E-state index in [1.807, 2.05) is 12.1 Å². The summed E-state index contributed by atoms with van der Waals surface area (Å²) in [6.07, 6.45) is 2.15. The summed E-state index contributed by atoms with van der Waals surface area (Å²) in [6, 6.07) is 6.72. The van der Waals surface area contributed by atoms with Crippen LogP contribution in [0.4, 0.5) is 0 Å². The normalized spacial score (nSPS) is 13.5. The van der Waals surface area contributed by atoms with Crippen molar-refractivity contribution in [2.24, 2.45) is 0 Å². The second kappa shape index (κ2) is 3.45. The number of benzene rings is 1. The molecule has 0 bridgehead atoms. The van der Waals surface area contributed by atoms with Gasteiger partial charge in [0.2, 0.25) is 0 Å². The number of ether oxygens (including phenoxy) is 1. The van der Waals surface area contributed by atoms with Crippen LogP contribution in [0.3, 0.4) is 0 Å². The molecule has 0 aromatic heterocycles. The predicted molar refractivity (Wildman–Crippen MR) is 53.6 cm³/mol. The lowest BCUT2D eigenvalue weighted by Gasteiger charge is -2.24. The highest BCUT2D eigenvalue weighted by Crippen LogP contribution is 2.39. The van der Waals surface area contributed by atoms with Crippen LogP contribution in [0.15, 0.2) is 12.1 Å². The van der Waals surface area contributed by atoms with E-state index in [0.717, 1.165) is 24.2 Å². The average molecular weight is 189 g/mol. The van der Waals surface area contributed by atoms with Crippen LogP contribution in [0.2, 0.25) is 0 Å². The van der Waals surface area contributed by atoms with Crippen molar-refractivity contribution in [3.05, 3.63) is 29.3 Å². The quantitative estimate of drug-likeness (QED) is 0.683. The minimum atomic E-state index is -0.243. The number of carbonyl (C=O) groups is 1. The van der Waals surface area contributed by atoms with Gasteiger partial charge in [-0.15, -0.1) is 0 Å². The molecule has 1 aliphatic heterocycles. The summed E-state index contributed by atoms with van der Waals surface area (Å²) in [5, 5.41) is 0. The van der Waals surface area contributed by atoms with Gasteiger partial charge in [0.15, 0.2) is 0 Å². The summed E-state index contributed by atoms with van der Waals surface area (Å²) < 4.78 is 5.03. The van der Waals surface area contributed by atoms with Gasteiger partial charge >= 0.3 is 5.97 Å². The standard InChI is InChI=1S/C12H13O2/c1-3-8(4-2)9-6-5-7-10-11(9)14-12(10)13/h5-6,8H,3-4H2,1-2H3. The molecule has 1 aliphatic rings. The molecule has 1 heterocycles. The molecule has 1 radical (unpaired) electrons. The monoisotopic (exact) mass is 189 g/mol. The van der Waals surface area contributed by atoms with Gasteiger partial charge in [-0.05, 0) is 24.3 Å². The Morgan fingerprint density at radius 3 is 2.71 bits per heavy atom. The highest BCUT2D eigenvalue weighted by Gasteiger charge is 2.30. The Labute approximate surface area is 83.9 Å². The number of hydrogen-bond donors (Lipinski definition) is 0. The first-order chi connectivity index (χ1) is 6.77. The first-order valence-electron chi connectivity index (χ1n) is 5.04. The molecule has 2 rings (SSSR count). The van der Waals surface area contributed by atoms with Crippen molar-refractivity contribution in [1.82, 2.24) is 0 Å². The molecule has 0 saturated carbocycles. The summed E-state index contributed by atoms with van der Waals surface area (Å²) in [7, 11) is 0. The topological polar surface area (TPSA) is 26.3 Å². The molecule has 1 aromatic rings. The molecular weight excluding hydrogens is 176 g/mol. The average Bonchev–Trinajstić information content (AvgIpc) is 2.20. The molecule has 0 amide bonds. The van der Waals surface area contributed by atoms with Gasteiger partial charge in [-0.1, -0.05) is 26.0 Å². The summed E-state index contributed by atoms with van der Waals surface area (Å²) in [4.78, 5) is 11.0. The fraction of sp³-hybridized carbons (Fsp3) is 0.417. The summed E-state index contributed by atoms with van der Waals surface area (Å²) >= 11 is 0. The van der Waals surface area contributed by atoms with Crippen LogP contribution < -0.4 is 4.74 Å². The molecule has 0 fully saturated rings. The van der Waals surface area contributed by atoms with Crippen LogP contribution in [0.1, 0.15) is 48.5 Å². The molecule has 0 unspecified atom stereocenters. The van der Waals surface area contributed by atoms with E-state index >= 15 is 0 Å². The fourth-order valence-corrected chi connectivity index (χ4v) is 1.91. The maximum Gasteiger partial charge on any atom is 0.348 e. The first kappa shape index (κ1) is 9.25. The number of esters is 1. The van der Waals surface area contributed by atoms with E-state index in [0.29, 0.717) is 11.5 Å². The van der Waals surface area contributed by atoms with Gasteiger partial charge in [-0.2, -0.15) is 0 Å². The van der Waals surface area contributed by atoms with Crippen LogP contribution in [0.5, 0.6) is 5.75 Å². The molecule has 1 aromatic carbocycles. The zero-order chi connectivity index (χ0) is 10.1. The van der Waals surface area contributed by atoms with Crippen LogP contribution in [0, 0.1) is 6.07 Å². The molecule has 73 valence electrons. The molecule has 14 heavy (non-hydrogen) atoms. The maximum absolute atomic E-state index is 11.0. The number of fused-ring (bicyclic) bond motifs is 1. The zero-order valence-electron chi connectivity index (χ0n) is 8.46. The van der Waals surface area contributed by atoms with Gasteiger partial charge in [0.05, 0.1) is 0 Å². The lowest BCUT2D eigenvalue weighted by Crippen LogP contribution is -2.23. The third-order valence-corrected chi connectivity index (χ3v) is 2.80. The summed E-state index contributed by atoms with van der Waals surface area (Å²) in [6.45, 7) is 4.30. The van der Waals surface area contributed by atoms with E-state index in [-0.39, 0.29) is 5.97 Å². The molecular formula is C12H13O2. The van der Waals surface area contributed by atoms with Crippen molar-refractivity contribution in [3.8, 4) is 5.75 Å². The second-order valence-electron chi connectivity index (χ2n) is 3.54. The number of rotatable bonds is 3. The van der Waals surface area contributed by atoms with Gasteiger partial charge < -0.3 is 4.74 Å². The molecule has 0 aliphatic carbocycles. The van der Waals surface area contributed by atoms with Crippen molar-refractivity contribution in [1.29, 1.82) is 0 Å². The minimum absolute atomic E-state index is 0.243. The highest BCUT2D eigenvalue weighted by molar-refractivity contribution is 6.01. The van der Waals surface area contributed by atoms with Gasteiger partial charge in [-0.25, -0.2) is 4.79 Å². The van der Waals surface area contributed by atoms with E-state index in [2.05, 4.69) is 19.9 Å². The molecule has 0 N–H and O–H groups in total. The van der Waals surface area contributed by atoms with Crippen LogP contribution in [-0.4, -0.2) is 5.97 Å².